The van der Waals surface area contributed by atoms with Crippen LogP contribution >= 0.6 is 0 Å². The van der Waals surface area contributed by atoms with Crippen LogP contribution in [0.4, 0.5) is 5.69 Å². The van der Waals surface area contributed by atoms with Gasteiger partial charge in [0.25, 0.3) is 5.91 Å². The maximum absolute atomic E-state index is 12.5. The van der Waals surface area contributed by atoms with Gasteiger partial charge >= 0.3 is 0 Å². The molecule has 1 heterocycles. The van der Waals surface area contributed by atoms with Gasteiger partial charge in [-0.15, -0.1) is 0 Å². The van der Waals surface area contributed by atoms with Crippen molar-refractivity contribution in [3.63, 3.8) is 0 Å². The Bertz CT molecular complexity index is 1140. The third-order valence-corrected chi connectivity index (χ3v) is 4.86. The molecule has 0 aliphatic heterocycles. The van der Waals surface area contributed by atoms with E-state index in [4.69, 9.17) is 9.47 Å². The van der Waals surface area contributed by atoms with E-state index in [2.05, 4.69) is 15.6 Å². The summed E-state index contributed by atoms with van der Waals surface area (Å²) in [4.78, 5) is 40.6. The first-order chi connectivity index (χ1) is 15.9. The van der Waals surface area contributed by atoms with E-state index in [0.29, 0.717) is 29.3 Å². The Kier molecular flexibility index (Phi) is 7.75. The summed E-state index contributed by atoms with van der Waals surface area (Å²) in [5.74, 6) is 0.268. The molecule has 0 aliphatic carbocycles. The van der Waals surface area contributed by atoms with Gasteiger partial charge < -0.3 is 20.1 Å². The van der Waals surface area contributed by atoms with E-state index in [1.807, 2.05) is 19.1 Å². The van der Waals surface area contributed by atoms with Crippen LogP contribution in [0.2, 0.25) is 0 Å². The molecule has 2 aromatic carbocycles. The molecule has 0 saturated heterocycles. The molecule has 2 amide bonds. The Morgan fingerprint density at radius 2 is 1.70 bits per heavy atom. The molecule has 8 heteroatoms. The molecule has 1 aromatic heterocycles. The van der Waals surface area contributed by atoms with E-state index in [1.54, 1.807) is 50.6 Å². The third kappa shape index (κ3) is 5.94. The molecule has 0 radical (unpaired) electrons. The zero-order valence-electron chi connectivity index (χ0n) is 18.7. The van der Waals surface area contributed by atoms with Crippen LogP contribution in [-0.4, -0.2) is 43.3 Å². The Morgan fingerprint density at radius 1 is 0.939 bits per heavy atom. The van der Waals surface area contributed by atoms with Crippen molar-refractivity contribution in [2.24, 2.45) is 0 Å². The summed E-state index contributed by atoms with van der Waals surface area (Å²) in [5, 5.41) is 5.27. The molecule has 3 aromatic rings. The molecule has 0 bridgehead atoms. The van der Waals surface area contributed by atoms with Crippen molar-refractivity contribution in [1.82, 2.24) is 10.3 Å². The van der Waals surface area contributed by atoms with Crippen LogP contribution in [0.15, 0.2) is 60.8 Å². The zero-order chi connectivity index (χ0) is 23.8. The summed E-state index contributed by atoms with van der Waals surface area (Å²) in [6.07, 6.45) is 1.06. The number of hydrogen-bond donors (Lipinski definition) is 2. The number of aromatic nitrogens is 1. The van der Waals surface area contributed by atoms with Crippen molar-refractivity contribution < 1.29 is 23.9 Å². The number of benzene rings is 2. The summed E-state index contributed by atoms with van der Waals surface area (Å²) in [7, 11) is 3.17. The van der Waals surface area contributed by atoms with Gasteiger partial charge in [-0.05, 0) is 36.8 Å². The number of carbonyl (C=O) groups excluding carboxylic acids is 3. The molecule has 3 rings (SSSR count). The summed E-state index contributed by atoms with van der Waals surface area (Å²) in [5.41, 5.74) is 2.81. The van der Waals surface area contributed by atoms with Crippen LogP contribution in [0.5, 0.6) is 11.5 Å². The number of pyridine rings is 1. The zero-order valence-corrected chi connectivity index (χ0v) is 18.7. The van der Waals surface area contributed by atoms with Gasteiger partial charge in [0.2, 0.25) is 5.91 Å². The summed E-state index contributed by atoms with van der Waals surface area (Å²) in [6, 6.07) is 15.5. The lowest BCUT2D eigenvalue weighted by Gasteiger charge is -2.11. The van der Waals surface area contributed by atoms with Crippen LogP contribution in [-0.2, 0) is 4.79 Å². The largest absolute Gasteiger partial charge is 0.497 e. The highest BCUT2D eigenvalue weighted by molar-refractivity contribution is 6.11. The fourth-order valence-electron chi connectivity index (χ4n) is 3.18. The van der Waals surface area contributed by atoms with Crippen LogP contribution in [0.1, 0.15) is 34.2 Å². The predicted octanol–water partition coefficient (Wildman–Crippen LogP) is 3.73. The number of nitrogens with zero attached hydrogens (tertiary/aromatic N) is 1. The standard InChI is InChI=1S/C25H25N3O5/c1-4-26-25(31)21-12-9-18(15-27-21)28-24(30)14-22(29)17-7-5-16(6-8-17)20-11-10-19(32-2)13-23(20)33-3/h5-13,15H,4,14H2,1-3H3,(H,26,31)(H,28,30). The van der Waals surface area contributed by atoms with Gasteiger partial charge in [0.15, 0.2) is 5.78 Å². The van der Waals surface area contributed by atoms with E-state index < -0.39 is 5.91 Å². The quantitative estimate of drug-likeness (QED) is 0.382. The maximum Gasteiger partial charge on any atom is 0.269 e. The normalized spacial score (nSPS) is 10.3. The fourth-order valence-corrected chi connectivity index (χ4v) is 3.18. The number of rotatable bonds is 9. The fraction of sp³-hybridized carbons (Fsp3) is 0.200. The SMILES string of the molecule is CCNC(=O)c1ccc(NC(=O)CC(=O)c2ccc(-c3ccc(OC)cc3OC)cc2)cn1. The minimum absolute atomic E-state index is 0.250. The number of anilines is 1. The average molecular weight is 447 g/mol. The highest BCUT2D eigenvalue weighted by Crippen LogP contribution is 2.33. The van der Waals surface area contributed by atoms with Gasteiger partial charge in [-0.25, -0.2) is 4.98 Å². The predicted molar refractivity (Wildman–Crippen MR) is 125 cm³/mol. The Balaban J connectivity index is 1.63. The number of methoxy groups -OCH3 is 2. The first-order valence-corrected chi connectivity index (χ1v) is 10.3. The average Bonchev–Trinajstić information content (AvgIpc) is 2.84. The summed E-state index contributed by atoms with van der Waals surface area (Å²) < 4.78 is 10.7. The number of Topliss-reactive ketones (excluding diaryl/α,β-unsaturated/α-hetero) is 1. The van der Waals surface area contributed by atoms with E-state index in [0.717, 1.165) is 11.1 Å². The van der Waals surface area contributed by atoms with Crippen LogP contribution in [0.3, 0.4) is 0 Å². The number of ether oxygens (including phenoxy) is 2. The Morgan fingerprint density at radius 3 is 2.30 bits per heavy atom. The van der Waals surface area contributed by atoms with E-state index >= 15 is 0 Å². The van der Waals surface area contributed by atoms with Crippen molar-refractivity contribution in [3.8, 4) is 22.6 Å². The molecular weight excluding hydrogens is 422 g/mol. The van der Waals surface area contributed by atoms with Crippen molar-refractivity contribution in [3.05, 3.63) is 72.1 Å². The Labute approximate surface area is 191 Å². The first-order valence-electron chi connectivity index (χ1n) is 10.3. The second-order valence-electron chi connectivity index (χ2n) is 7.08. The summed E-state index contributed by atoms with van der Waals surface area (Å²) in [6.45, 7) is 2.31. The smallest absolute Gasteiger partial charge is 0.269 e. The van der Waals surface area contributed by atoms with Crippen molar-refractivity contribution in [2.75, 3.05) is 26.1 Å². The van der Waals surface area contributed by atoms with E-state index in [1.165, 1.54) is 12.3 Å². The second-order valence-corrected chi connectivity index (χ2v) is 7.08. The number of carbonyl (C=O) groups is 3. The molecule has 170 valence electrons. The van der Waals surface area contributed by atoms with Crippen molar-refractivity contribution >= 4 is 23.3 Å². The summed E-state index contributed by atoms with van der Waals surface area (Å²) >= 11 is 0. The van der Waals surface area contributed by atoms with Gasteiger partial charge in [-0.2, -0.15) is 0 Å². The van der Waals surface area contributed by atoms with Gasteiger partial charge in [0.1, 0.15) is 17.2 Å². The Hall–Kier alpha value is -4.20. The lowest BCUT2D eigenvalue weighted by atomic mass is 10.0. The minimum atomic E-state index is -0.464. The van der Waals surface area contributed by atoms with Gasteiger partial charge in [-0.3, -0.25) is 14.4 Å². The maximum atomic E-state index is 12.5. The van der Waals surface area contributed by atoms with Crippen molar-refractivity contribution in [1.29, 1.82) is 0 Å². The first kappa shape index (κ1) is 23.5. The molecule has 0 fully saturated rings. The lowest BCUT2D eigenvalue weighted by molar-refractivity contribution is -0.115. The van der Waals surface area contributed by atoms with Crippen LogP contribution in [0.25, 0.3) is 11.1 Å². The molecule has 0 saturated carbocycles. The highest BCUT2D eigenvalue weighted by atomic mass is 16.5. The van der Waals surface area contributed by atoms with Gasteiger partial charge in [-0.1, -0.05) is 24.3 Å². The topological polar surface area (TPSA) is 107 Å². The number of ketones is 1. The molecule has 2 N–H and O–H groups in total. The number of amides is 2. The van der Waals surface area contributed by atoms with Crippen molar-refractivity contribution in [2.45, 2.75) is 13.3 Å². The molecule has 0 spiro atoms. The molecule has 0 atom stereocenters. The molecule has 0 unspecified atom stereocenters. The highest BCUT2D eigenvalue weighted by Gasteiger charge is 2.14. The van der Waals surface area contributed by atoms with Gasteiger partial charge in [0, 0.05) is 23.7 Å². The molecule has 8 nitrogen and oxygen atoms in total. The minimum Gasteiger partial charge on any atom is -0.497 e. The van der Waals surface area contributed by atoms with E-state index in [9.17, 15) is 14.4 Å². The van der Waals surface area contributed by atoms with Gasteiger partial charge in [0.05, 0.1) is 32.5 Å². The monoisotopic (exact) mass is 447 g/mol. The van der Waals surface area contributed by atoms with Crippen LogP contribution < -0.4 is 20.1 Å². The van der Waals surface area contributed by atoms with E-state index in [-0.39, 0.29) is 23.8 Å². The molecule has 33 heavy (non-hydrogen) atoms. The van der Waals surface area contributed by atoms with Crippen LogP contribution in [0, 0.1) is 0 Å². The number of nitrogens with one attached hydrogen (secondary N) is 2. The second kappa shape index (κ2) is 10.9. The number of hydrogen-bond acceptors (Lipinski definition) is 6. The lowest BCUT2D eigenvalue weighted by Crippen LogP contribution is -2.23. The molecular formula is C25H25N3O5. The third-order valence-electron chi connectivity index (χ3n) is 4.86. The molecule has 0 aliphatic rings.